The molecule has 7 heteroatoms. The molecular formula is C14H9Cl2N3O2. The summed E-state index contributed by atoms with van der Waals surface area (Å²) in [5.41, 5.74) is 2.37. The van der Waals surface area contributed by atoms with Crippen LogP contribution >= 0.6 is 23.2 Å². The molecule has 1 aromatic carbocycles. The Labute approximate surface area is 129 Å². The summed E-state index contributed by atoms with van der Waals surface area (Å²) in [6.07, 6.45) is 1.57. The normalized spacial score (nSPS) is 11.0. The summed E-state index contributed by atoms with van der Waals surface area (Å²) in [7, 11) is 0. The Morgan fingerprint density at radius 3 is 2.71 bits per heavy atom. The number of aromatic carboxylic acids is 1. The van der Waals surface area contributed by atoms with Gasteiger partial charge in [-0.25, -0.2) is 14.3 Å². The van der Waals surface area contributed by atoms with E-state index in [0.717, 1.165) is 5.56 Å². The fourth-order valence-electron chi connectivity index (χ4n) is 2.06. The first-order valence-electron chi connectivity index (χ1n) is 6.01. The number of aromatic nitrogens is 3. The second-order valence-electron chi connectivity index (χ2n) is 4.52. The number of halogens is 2. The molecule has 3 aromatic rings. The molecule has 106 valence electrons. The van der Waals surface area contributed by atoms with Crippen molar-refractivity contribution in [1.82, 2.24) is 14.6 Å². The largest absolute Gasteiger partial charge is 0.477 e. The Morgan fingerprint density at radius 2 is 2.05 bits per heavy atom. The summed E-state index contributed by atoms with van der Waals surface area (Å²) in [6, 6.07) is 6.42. The Morgan fingerprint density at radius 1 is 1.29 bits per heavy atom. The van der Waals surface area contributed by atoms with Gasteiger partial charge in [0.25, 0.3) is 0 Å². The lowest BCUT2D eigenvalue weighted by atomic mass is 10.1. The Balaban J connectivity index is 2.32. The zero-order valence-corrected chi connectivity index (χ0v) is 12.4. The van der Waals surface area contributed by atoms with E-state index in [1.807, 2.05) is 6.92 Å². The third-order valence-corrected chi connectivity index (χ3v) is 3.62. The molecule has 0 aliphatic rings. The summed E-state index contributed by atoms with van der Waals surface area (Å²) in [6.45, 7) is 1.81. The highest BCUT2D eigenvalue weighted by atomic mass is 35.5. The highest BCUT2D eigenvalue weighted by Crippen LogP contribution is 2.30. The monoisotopic (exact) mass is 321 g/mol. The van der Waals surface area contributed by atoms with Crippen LogP contribution in [0.1, 0.15) is 16.1 Å². The first-order chi connectivity index (χ1) is 9.97. The molecule has 1 N–H and O–H groups in total. The van der Waals surface area contributed by atoms with Gasteiger partial charge >= 0.3 is 5.97 Å². The maximum atomic E-state index is 11.4. The van der Waals surface area contributed by atoms with Gasteiger partial charge in [-0.3, -0.25) is 0 Å². The van der Waals surface area contributed by atoms with Gasteiger partial charge in [-0.05, 0) is 31.2 Å². The van der Waals surface area contributed by atoms with E-state index < -0.39 is 5.97 Å². The third kappa shape index (κ3) is 2.34. The van der Waals surface area contributed by atoms with Crippen molar-refractivity contribution in [3.8, 4) is 11.3 Å². The molecule has 0 saturated carbocycles. The van der Waals surface area contributed by atoms with Crippen LogP contribution in [0.15, 0.2) is 30.5 Å². The lowest BCUT2D eigenvalue weighted by molar-refractivity contribution is 0.0687. The molecule has 3 rings (SSSR count). The molecule has 0 aliphatic carbocycles. The van der Waals surface area contributed by atoms with Gasteiger partial charge in [0.2, 0.25) is 0 Å². The highest BCUT2D eigenvalue weighted by Gasteiger charge is 2.16. The number of hydrogen-bond acceptors (Lipinski definition) is 3. The van der Waals surface area contributed by atoms with Crippen LogP contribution in [-0.2, 0) is 0 Å². The van der Waals surface area contributed by atoms with E-state index in [1.54, 1.807) is 24.4 Å². The van der Waals surface area contributed by atoms with Crippen LogP contribution < -0.4 is 0 Å². The first kappa shape index (κ1) is 13.9. The fraction of sp³-hybridized carbons (Fsp3) is 0.0714. The van der Waals surface area contributed by atoms with Gasteiger partial charge in [-0.1, -0.05) is 23.2 Å². The predicted molar refractivity (Wildman–Crippen MR) is 80.1 cm³/mol. The number of carboxylic acids is 1. The molecule has 2 heterocycles. The van der Waals surface area contributed by atoms with Gasteiger partial charge in [0.05, 0.1) is 16.9 Å². The third-order valence-electron chi connectivity index (χ3n) is 3.07. The van der Waals surface area contributed by atoms with Gasteiger partial charge in [0, 0.05) is 16.1 Å². The number of carbonyl (C=O) groups is 1. The van der Waals surface area contributed by atoms with Crippen molar-refractivity contribution < 1.29 is 9.90 Å². The minimum atomic E-state index is -1.09. The van der Waals surface area contributed by atoms with Gasteiger partial charge in [0.1, 0.15) is 0 Å². The number of fused-ring (bicyclic) bond motifs is 1. The second-order valence-corrected chi connectivity index (χ2v) is 5.36. The Hall–Kier alpha value is -2.11. The molecule has 0 unspecified atom stereocenters. The van der Waals surface area contributed by atoms with Crippen LogP contribution in [0.3, 0.4) is 0 Å². The molecular weight excluding hydrogens is 313 g/mol. The lowest BCUT2D eigenvalue weighted by Crippen LogP contribution is -2.08. The predicted octanol–water partition coefficient (Wildman–Crippen LogP) is 3.71. The standard InChI is InChI=1S/C14H9Cl2N3O2/c1-7-6-17-19-12(14(20)21)5-11(18-13(7)19)9-3-2-8(15)4-10(9)16/h2-6H,1H3,(H,20,21). The minimum absolute atomic E-state index is 0.0223. The summed E-state index contributed by atoms with van der Waals surface area (Å²) < 4.78 is 1.30. The van der Waals surface area contributed by atoms with Gasteiger partial charge in [-0.2, -0.15) is 5.10 Å². The smallest absolute Gasteiger partial charge is 0.354 e. The van der Waals surface area contributed by atoms with Crippen LogP contribution in [0, 0.1) is 6.92 Å². The number of hydrogen-bond donors (Lipinski definition) is 1. The number of nitrogens with zero attached hydrogens (tertiary/aromatic N) is 3. The van der Waals surface area contributed by atoms with Crippen molar-refractivity contribution in [2.24, 2.45) is 0 Å². The Bertz CT molecular complexity index is 874. The van der Waals surface area contributed by atoms with Crippen LogP contribution in [0.4, 0.5) is 0 Å². The number of rotatable bonds is 2. The van der Waals surface area contributed by atoms with E-state index in [2.05, 4.69) is 10.1 Å². The average molecular weight is 322 g/mol. The quantitative estimate of drug-likeness (QED) is 0.781. The molecule has 0 saturated heterocycles. The molecule has 0 amide bonds. The fourth-order valence-corrected chi connectivity index (χ4v) is 2.57. The maximum absolute atomic E-state index is 11.4. The SMILES string of the molecule is Cc1cnn2c(C(=O)O)cc(-c3ccc(Cl)cc3Cl)nc12. The molecule has 0 bridgehead atoms. The van der Waals surface area contributed by atoms with Crippen LogP contribution in [0.25, 0.3) is 16.9 Å². The van der Waals surface area contributed by atoms with E-state index in [-0.39, 0.29) is 5.69 Å². The van der Waals surface area contributed by atoms with Crippen molar-refractivity contribution in [2.45, 2.75) is 6.92 Å². The van der Waals surface area contributed by atoms with Crippen LogP contribution in [0.2, 0.25) is 10.0 Å². The minimum Gasteiger partial charge on any atom is -0.477 e. The topological polar surface area (TPSA) is 67.5 Å². The van der Waals surface area contributed by atoms with Crippen molar-refractivity contribution >= 4 is 34.8 Å². The highest BCUT2D eigenvalue weighted by molar-refractivity contribution is 6.36. The van der Waals surface area contributed by atoms with Crippen LogP contribution in [-0.4, -0.2) is 25.7 Å². The first-order valence-corrected chi connectivity index (χ1v) is 6.77. The molecule has 0 atom stereocenters. The van der Waals surface area contributed by atoms with E-state index in [9.17, 15) is 9.90 Å². The van der Waals surface area contributed by atoms with Crippen LogP contribution in [0.5, 0.6) is 0 Å². The molecule has 0 spiro atoms. The lowest BCUT2D eigenvalue weighted by Gasteiger charge is -2.07. The van der Waals surface area contributed by atoms with E-state index >= 15 is 0 Å². The van der Waals surface area contributed by atoms with Crippen molar-refractivity contribution in [1.29, 1.82) is 0 Å². The molecule has 0 fully saturated rings. The molecule has 2 aromatic heterocycles. The maximum Gasteiger partial charge on any atom is 0.354 e. The van der Waals surface area contributed by atoms with Gasteiger partial charge in [0.15, 0.2) is 11.3 Å². The summed E-state index contributed by atoms with van der Waals surface area (Å²) in [5, 5.41) is 14.3. The Kier molecular flexibility index (Phi) is 3.31. The summed E-state index contributed by atoms with van der Waals surface area (Å²) >= 11 is 12.0. The van der Waals surface area contributed by atoms with Gasteiger partial charge in [-0.15, -0.1) is 0 Å². The van der Waals surface area contributed by atoms with E-state index in [1.165, 1.54) is 10.6 Å². The van der Waals surface area contributed by atoms with Crippen molar-refractivity contribution in [3.63, 3.8) is 0 Å². The van der Waals surface area contributed by atoms with E-state index in [4.69, 9.17) is 23.2 Å². The van der Waals surface area contributed by atoms with Gasteiger partial charge < -0.3 is 5.11 Å². The molecule has 5 nitrogen and oxygen atoms in total. The zero-order chi connectivity index (χ0) is 15.1. The zero-order valence-electron chi connectivity index (χ0n) is 10.8. The summed E-state index contributed by atoms with van der Waals surface area (Å²) in [4.78, 5) is 15.9. The summed E-state index contributed by atoms with van der Waals surface area (Å²) in [5.74, 6) is -1.09. The molecule has 0 aliphatic heterocycles. The van der Waals surface area contributed by atoms with Crippen molar-refractivity contribution in [3.05, 3.63) is 51.8 Å². The number of benzene rings is 1. The number of carboxylic acid groups (broad SMARTS) is 1. The van der Waals surface area contributed by atoms with E-state index in [0.29, 0.717) is 26.9 Å². The number of aryl methyl sites for hydroxylation is 1. The van der Waals surface area contributed by atoms with Crippen molar-refractivity contribution in [2.75, 3.05) is 0 Å². The molecule has 0 radical (unpaired) electrons. The average Bonchev–Trinajstić information content (AvgIpc) is 2.79. The molecule has 21 heavy (non-hydrogen) atoms. The second kappa shape index (κ2) is 5.02.